The number of amides is 3. The van der Waals surface area contributed by atoms with Gasteiger partial charge in [-0.05, 0) is 38.0 Å². The van der Waals surface area contributed by atoms with Gasteiger partial charge in [-0.2, -0.15) is 0 Å². The van der Waals surface area contributed by atoms with Gasteiger partial charge in [0.1, 0.15) is 18.2 Å². The maximum Gasteiger partial charge on any atom is 0.408 e. The average molecular weight is 447 g/mol. The summed E-state index contributed by atoms with van der Waals surface area (Å²) in [5.74, 6) is -5.49. The molecule has 2 aliphatic rings. The van der Waals surface area contributed by atoms with Crippen LogP contribution in [0.1, 0.15) is 58.8 Å². The van der Waals surface area contributed by atoms with E-state index in [0.717, 1.165) is 0 Å². The van der Waals surface area contributed by atoms with E-state index >= 15 is 0 Å². The Balaban J connectivity index is 1.94. The van der Waals surface area contributed by atoms with Crippen LogP contribution in [0.2, 0.25) is 0 Å². The summed E-state index contributed by atoms with van der Waals surface area (Å²) < 4.78 is 31.7. The number of alkyl halides is 2. The van der Waals surface area contributed by atoms with Crippen molar-refractivity contribution in [2.75, 3.05) is 6.54 Å². The third-order valence-corrected chi connectivity index (χ3v) is 5.55. The number of alkyl carbamates (subject to hydrolysis) is 1. The molecule has 1 heterocycles. The summed E-state index contributed by atoms with van der Waals surface area (Å²) in [5.41, 5.74) is 0. The van der Waals surface area contributed by atoms with Gasteiger partial charge in [-0.1, -0.05) is 13.8 Å². The molecule has 0 radical (unpaired) electrons. The van der Waals surface area contributed by atoms with Gasteiger partial charge in [0.15, 0.2) is 0 Å². The smallest absolute Gasteiger partial charge is 0.408 e. The van der Waals surface area contributed by atoms with Crippen molar-refractivity contribution in [1.29, 1.82) is 0 Å². The first-order chi connectivity index (χ1) is 14.5. The molecule has 4 N–H and O–H groups in total. The van der Waals surface area contributed by atoms with Crippen LogP contribution >= 0.6 is 0 Å². The van der Waals surface area contributed by atoms with Crippen LogP contribution < -0.4 is 16.0 Å². The standard InChI is InChI=1S/C20H31F2N3O6/c1-11(2)9-14(25-19(30)31-13-3-6-20(21,22)7-4-13)17(27)24-15(18(28)29)10-12-5-8-23-16(12)26/h11-15H,3-10H2,1-2H3,(H,23,26)(H,24,27)(H,25,30)(H,28,29). The Morgan fingerprint density at radius 1 is 1.16 bits per heavy atom. The molecule has 31 heavy (non-hydrogen) atoms. The van der Waals surface area contributed by atoms with Crippen molar-refractivity contribution in [1.82, 2.24) is 16.0 Å². The Kier molecular flexibility index (Phi) is 8.58. The van der Waals surface area contributed by atoms with Gasteiger partial charge in [-0.15, -0.1) is 0 Å². The van der Waals surface area contributed by atoms with E-state index in [-0.39, 0.29) is 50.4 Å². The quantitative estimate of drug-likeness (QED) is 0.426. The molecule has 0 bridgehead atoms. The summed E-state index contributed by atoms with van der Waals surface area (Å²) in [6, 6.07) is -2.34. The van der Waals surface area contributed by atoms with Gasteiger partial charge in [0.25, 0.3) is 0 Å². The van der Waals surface area contributed by atoms with Crippen molar-refractivity contribution in [2.24, 2.45) is 11.8 Å². The normalized spacial score (nSPS) is 23.0. The molecule has 2 rings (SSSR count). The molecular formula is C20H31F2N3O6. The molecular weight excluding hydrogens is 416 g/mol. The molecule has 0 aromatic rings. The topological polar surface area (TPSA) is 134 Å². The van der Waals surface area contributed by atoms with Gasteiger partial charge >= 0.3 is 12.1 Å². The molecule has 3 unspecified atom stereocenters. The number of hydrogen-bond donors (Lipinski definition) is 4. The SMILES string of the molecule is CC(C)CC(NC(=O)OC1CCC(F)(F)CC1)C(=O)NC(CC1CCNC1=O)C(=O)O. The van der Waals surface area contributed by atoms with E-state index in [4.69, 9.17) is 4.74 Å². The minimum Gasteiger partial charge on any atom is -0.480 e. The highest BCUT2D eigenvalue weighted by Gasteiger charge is 2.37. The molecule has 176 valence electrons. The Morgan fingerprint density at radius 2 is 1.81 bits per heavy atom. The number of carboxylic acids is 1. The Hall–Kier alpha value is -2.46. The molecule has 2 fully saturated rings. The Labute approximate surface area is 179 Å². The maximum absolute atomic E-state index is 13.2. The molecule has 0 aromatic carbocycles. The number of aliphatic carboxylic acids is 1. The van der Waals surface area contributed by atoms with Gasteiger partial charge in [0.2, 0.25) is 17.7 Å². The van der Waals surface area contributed by atoms with E-state index in [2.05, 4.69) is 16.0 Å². The van der Waals surface area contributed by atoms with E-state index in [1.54, 1.807) is 0 Å². The number of carbonyl (C=O) groups is 4. The summed E-state index contributed by atoms with van der Waals surface area (Å²) in [6.07, 6.45) is -1.57. The third kappa shape index (κ3) is 7.95. The first-order valence-corrected chi connectivity index (χ1v) is 10.6. The van der Waals surface area contributed by atoms with Crippen LogP contribution in [0.25, 0.3) is 0 Å². The zero-order chi connectivity index (χ0) is 23.2. The van der Waals surface area contributed by atoms with Crippen LogP contribution in [0.4, 0.5) is 13.6 Å². The summed E-state index contributed by atoms with van der Waals surface area (Å²) in [4.78, 5) is 48.3. The molecule has 3 amide bonds. The molecule has 1 saturated carbocycles. The summed E-state index contributed by atoms with van der Waals surface area (Å²) in [5, 5.41) is 16.9. The number of rotatable bonds is 9. The predicted octanol–water partition coefficient (Wildman–Crippen LogP) is 1.80. The number of hydrogen-bond acceptors (Lipinski definition) is 5. The van der Waals surface area contributed by atoms with Crippen molar-refractivity contribution >= 4 is 23.9 Å². The molecule has 1 aliphatic heterocycles. The highest BCUT2D eigenvalue weighted by atomic mass is 19.3. The third-order valence-electron chi connectivity index (χ3n) is 5.55. The zero-order valence-corrected chi connectivity index (χ0v) is 17.8. The van der Waals surface area contributed by atoms with E-state index in [9.17, 15) is 33.1 Å². The minimum atomic E-state index is -2.75. The summed E-state index contributed by atoms with van der Waals surface area (Å²) in [7, 11) is 0. The first-order valence-electron chi connectivity index (χ1n) is 10.6. The van der Waals surface area contributed by atoms with Gasteiger partial charge in [-0.3, -0.25) is 9.59 Å². The van der Waals surface area contributed by atoms with Crippen molar-refractivity contribution in [2.45, 2.75) is 82.9 Å². The van der Waals surface area contributed by atoms with Crippen LogP contribution in [0.5, 0.6) is 0 Å². The van der Waals surface area contributed by atoms with Crippen LogP contribution in [-0.2, 0) is 19.1 Å². The lowest BCUT2D eigenvalue weighted by Gasteiger charge is -2.29. The largest absolute Gasteiger partial charge is 0.480 e. The van der Waals surface area contributed by atoms with E-state index in [0.29, 0.717) is 13.0 Å². The fraction of sp³-hybridized carbons (Fsp3) is 0.800. The van der Waals surface area contributed by atoms with E-state index in [1.165, 1.54) is 0 Å². The van der Waals surface area contributed by atoms with Crippen molar-refractivity contribution in [3.63, 3.8) is 0 Å². The lowest BCUT2D eigenvalue weighted by Crippen LogP contribution is -2.53. The lowest BCUT2D eigenvalue weighted by molar-refractivity contribution is -0.143. The molecule has 9 nitrogen and oxygen atoms in total. The number of carboxylic acid groups (broad SMARTS) is 1. The fourth-order valence-corrected chi connectivity index (χ4v) is 3.81. The van der Waals surface area contributed by atoms with Crippen LogP contribution in [0.3, 0.4) is 0 Å². The Morgan fingerprint density at radius 3 is 2.32 bits per heavy atom. The molecule has 3 atom stereocenters. The van der Waals surface area contributed by atoms with Gasteiger partial charge in [0, 0.05) is 25.3 Å². The van der Waals surface area contributed by atoms with Gasteiger partial charge in [0.05, 0.1) is 0 Å². The molecule has 11 heteroatoms. The number of halogens is 2. The molecule has 1 aliphatic carbocycles. The molecule has 0 aromatic heterocycles. The van der Waals surface area contributed by atoms with Crippen LogP contribution in [0, 0.1) is 11.8 Å². The molecule has 1 saturated heterocycles. The number of ether oxygens (including phenoxy) is 1. The zero-order valence-electron chi connectivity index (χ0n) is 17.8. The van der Waals surface area contributed by atoms with Gasteiger partial charge < -0.3 is 25.8 Å². The lowest BCUT2D eigenvalue weighted by atomic mass is 9.94. The average Bonchev–Trinajstić information content (AvgIpc) is 3.06. The molecule has 0 spiro atoms. The monoisotopic (exact) mass is 447 g/mol. The van der Waals surface area contributed by atoms with E-state index in [1.807, 2.05) is 13.8 Å². The van der Waals surface area contributed by atoms with Crippen molar-refractivity contribution in [3.05, 3.63) is 0 Å². The second kappa shape index (κ2) is 10.7. The summed E-state index contributed by atoms with van der Waals surface area (Å²) >= 11 is 0. The highest BCUT2D eigenvalue weighted by Crippen LogP contribution is 2.34. The Bertz CT molecular complexity index is 678. The first kappa shape index (κ1) is 24.8. The van der Waals surface area contributed by atoms with Gasteiger partial charge in [-0.25, -0.2) is 18.4 Å². The fourth-order valence-electron chi connectivity index (χ4n) is 3.81. The van der Waals surface area contributed by atoms with Crippen LogP contribution in [0.15, 0.2) is 0 Å². The second-order valence-corrected chi connectivity index (χ2v) is 8.70. The number of carbonyl (C=O) groups excluding carboxylic acids is 3. The van der Waals surface area contributed by atoms with E-state index < -0.39 is 48.0 Å². The number of nitrogens with one attached hydrogen (secondary N) is 3. The second-order valence-electron chi connectivity index (χ2n) is 8.70. The van der Waals surface area contributed by atoms with Crippen molar-refractivity contribution in [3.8, 4) is 0 Å². The summed E-state index contributed by atoms with van der Waals surface area (Å²) in [6.45, 7) is 4.11. The van der Waals surface area contributed by atoms with Crippen molar-refractivity contribution < 1.29 is 37.8 Å². The highest BCUT2D eigenvalue weighted by molar-refractivity contribution is 5.90. The van der Waals surface area contributed by atoms with Crippen LogP contribution in [-0.4, -0.2) is 59.6 Å². The predicted molar refractivity (Wildman–Crippen MR) is 105 cm³/mol. The minimum absolute atomic E-state index is 0.00619. The maximum atomic E-state index is 13.2.